The van der Waals surface area contributed by atoms with Gasteiger partial charge in [-0.2, -0.15) is 0 Å². The van der Waals surface area contributed by atoms with E-state index in [9.17, 15) is 14.7 Å². The average molecular weight is 331 g/mol. The summed E-state index contributed by atoms with van der Waals surface area (Å²) >= 11 is 0. The molecule has 1 fully saturated rings. The zero-order valence-corrected chi connectivity index (χ0v) is 15.1. The van der Waals surface area contributed by atoms with E-state index in [1.807, 2.05) is 26.0 Å². The zero-order valence-electron chi connectivity index (χ0n) is 15.1. The van der Waals surface area contributed by atoms with Crippen molar-refractivity contribution in [2.24, 2.45) is 23.8 Å². The van der Waals surface area contributed by atoms with Crippen molar-refractivity contribution in [3.05, 3.63) is 28.3 Å². The van der Waals surface area contributed by atoms with Crippen LogP contribution in [0.4, 0.5) is 0 Å². The minimum absolute atomic E-state index is 0.0241. The molecule has 0 radical (unpaired) electrons. The van der Waals surface area contributed by atoms with Crippen molar-refractivity contribution in [1.82, 2.24) is 14.1 Å². The third kappa shape index (κ3) is 2.44. The highest BCUT2D eigenvalue weighted by atomic mass is 16.4. The zero-order chi connectivity index (χ0) is 18.0. The number of hydrogen-bond donors (Lipinski definition) is 1. The summed E-state index contributed by atoms with van der Waals surface area (Å²) in [6, 6.07) is 3.77. The molecule has 2 aromatic heterocycles. The van der Waals surface area contributed by atoms with Crippen LogP contribution in [0, 0.1) is 16.7 Å². The van der Waals surface area contributed by atoms with Gasteiger partial charge < -0.3 is 5.11 Å². The fourth-order valence-corrected chi connectivity index (χ4v) is 3.74. The first-order valence-electron chi connectivity index (χ1n) is 8.24. The van der Waals surface area contributed by atoms with E-state index >= 15 is 0 Å². The monoisotopic (exact) mass is 331 g/mol. The Balaban J connectivity index is 2.10. The van der Waals surface area contributed by atoms with E-state index in [-0.39, 0.29) is 22.4 Å². The third-order valence-corrected chi connectivity index (χ3v) is 5.05. The van der Waals surface area contributed by atoms with Gasteiger partial charge in [0.05, 0.1) is 11.4 Å². The summed E-state index contributed by atoms with van der Waals surface area (Å²) in [5, 5.41) is 9.38. The number of nitrogens with zero attached hydrogens (tertiary/aromatic N) is 3. The van der Waals surface area contributed by atoms with Crippen molar-refractivity contribution in [1.29, 1.82) is 0 Å². The number of hydrogen-bond acceptors (Lipinski definition) is 3. The summed E-state index contributed by atoms with van der Waals surface area (Å²) in [5.74, 6) is -1.32. The quantitative estimate of drug-likeness (QED) is 0.938. The Bertz CT molecular complexity index is 883. The first kappa shape index (κ1) is 16.7. The maximum Gasteiger partial charge on any atom is 0.330 e. The maximum atomic E-state index is 12.6. The molecule has 0 bridgehead atoms. The van der Waals surface area contributed by atoms with Gasteiger partial charge in [0.15, 0.2) is 5.65 Å². The highest BCUT2D eigenvalue weighted by molar-refractivity contribution is 5.78. The van der Waals surface area contributed by atoms with Gasteiger partial charge in [0.25, 0.3) is 0 Å². The number of carboxylic acids is 1. The van der Waals surface area contributed by atoms with Gasteiger partial charge in [-0.05, 0) is 23.0 Å². The lowest BCUT2D eigenvalue weighted by Crippen LogP contribution is -2.27. The summed E-state index contributed by atoms with van der Waals surface area (Å²) < 4.78 is 3.30. The van der Waals surface area contributed by atoms with Crippen LogP contribution in [-0.2, 0) is 18.4 Å². The lowest BCUT2D eigenvalue weighted by atomic mass is 9.97. The largest absolute Gasteiger partial charge is 0.481 e. The number of fused-ring (bicyclic) bond motifs is 1. The molecule has 2 aromatic rings. The van der Waals surface area contributed by atoms with Gasteiger partial charge in [-0.15, -0.1) is 0 Å². The van der Waals surface area contributed by atoms with Gasteiger partial charge in [0.2, 0.25) is 0 Å². The van der Waals surface area contributed by atoms with E-state index in [1.165, 1.54) is 0 Å². The van der Waals surface area contributed by atoms with E-state index in [0.29, 0.717) is 12.2 Å². The fraction of sp³-hybridized carbons (Fsp3) is 0.611. The molecule has 6 nitrogen and oxygen atoms in total. The molecule has 24 heavy (non-hydrogen) atoms. The molecule has 130 valence electrons. The molecule has 0 amide bonds. The summed E-state index contributed by atoms with van der Waals surface area (Å²) in [4.78, 5) is 28.6. The molecule has 6 heteroatoms. The van der Waals surface area contributed by atoms with Crippen LogP contribution in [0.15, 0.2) is 16.9 Å². The second kappa shape index (κ2) is 4.94. The Morgan fingerprint density at radius 3 is 2.46 bits per heavy atom. The van der Waals surface area contributed by atoms with Crippen molar-refractivity contribution < 1.29 is 9.90 Å². The summed E-state index contributed by atoms with van der Waals surface area (Å²) in [5.41, 5.74) is 1.75. The van der Waals surface area contributed by atoms with E-state index in [0.717, 1.165) is 11.2 Å². The number of rotatable bonds is 3. The van der Waals surface area contributed by atoms with Gasteiger partial charge in [0, 0.05) is 25.2 Å². The van der Waals surface area contributed by atoms with Crippen LogP contribution in [0.25, 0.3) is 11.2 Å². The van der Waals surface area contributed by atoms with Crippen molar-refractivity contribution in [2.75, 3.05) is 0 Å². The molecule has 3 rings (SSSR count). The number of carboxylic acid groups (broad SMARTS) is 1. The Kier molecular flexibility index (Phi) is 3.45. The van der Waals surface area contributed by atoms with Crippen LogP contribution in [-0.4, -0.2) is 25.2 Å². The Morgan fingerprint density at radius 1 is 1.33 bits per heavy atom. The molecule has 0 aliphatic heterocycles. The molecule has 2 atom stereocenters. The van der Waals surface area contributed by atoms with Crippen LogP contribution < -0.4 is 5.69 Å². The average Bonchev–Trinajstić information content (AvgIpc) is 2.97. The molecule has 1 N–H and O–H groups in total. The molecule has 0 aromatic carbocycles. The smallest absolute Gasteiger partial charge is 0.330 e. The Morgan fingerprint density at radius 2 is 1.96 bits per heavy atom. The van der Waals surface area contributed by atoms with E-state index in [2.05, 4.69) is 25.8 Å². The molecule has 1 saturated carbocycles. The van der Waals surface area contributed by atoms with E-state index in [4.69, 9.17) is 0 Å². The fourth-order valence-electron chi connectivity index (χ4n) is 3.74. The molecule has 1 aliphatic carbocycles. The van der Waals surface area contributed by atoms with Gasteiger partial charge >= 0.3 is 11.7 Å². The second-order valence-electron chi connectivity index (χ2n) is 8.68. The Hall–Kier alpha value is -2.11. The van der Waals surface area contributed by atoms with E-state index in [1.54, 1.807) is 16.2 Å². The summed E-state index contributed by atoms with van der Waals surface area (Å²) in [7, 11) is 1.72. The number of pyridine rings is 1. The topological polar surface area (TPSA) is 77.1 Å². The number of aryl methyl sites for hydroxylation is 1. The lowest BCUT2D eigenvalue weighted by Gasteiger charge is -2.18. The second-order valence-corrected chi connectivity index (χ2v) is 8.68. The van der Waals surface area contributed by atoms with Gasteiger partial charge in [-0.25, -0.2) is 9.78 Å². The van der Waals surface area contributed by atoms with Crippen molar-refractivity contribution in [3.8, 4) is 0 Å². The number of imidazole rings is 1. The summed E-state index contributed by atoms with van der Waals surface area (Å²) in [6.45, 7) is 10.8. The molecule has 0 spiro atoms. The predicted molar refractivity (Wildman–Crippen MR) is 92.1 cm³/mol. The van der Waals surface area contributed by atoms with E-state index < -0.39 is 11.9 Å². The van der Waals surface area contributed by atoms with Crippen molar-refractivity contribution >= 4 is 17.1 Å². The highest BCUT2D eigenvalue weighted by Gasteiger charge is 2.63. The maximum absolute atomic E-state index is 12.6. The molecular formula is C18H25N3O3. The minimum atomic E-state index is -0.786. The SMILES string of the molecule is Cn1c(=O)n(CC(C)(C)C)c2ccc(C3C(C(=O)O)C3(C)C)nc21. The number of aliphatic carboxylic acids is 1. The first-order valence-corrected chi connectivity index (χ1v) is 8.24. The van der Waals surface area contributed by atoms with Crippen LogP contribution in [0.3, 0.4) is 0 Å². The first-order chi connectivity index (χ1) is 10.9. The van der Waals surface area contributed by atoms with Crippen LogP contribution in [0.5, 0.6) is 0 Å². The van der Waals surface area contributed by atoms with Gasteiger partial charge in [0.1, 0.15) is 0 Å². The van der Waals surface area contributed by atoms with Gasteiger partial charge in [-0.1, -0.05) is 34.6 Å². The van der Waals surface area contributed by atoms with Crippen molar-refractivity contribution in [2.45, 2.75) is 47.1 Å². The normalized spacial score (nSPS) is 22.8. The van der Waals surface area contributed by atoms with Gasteiger partial charge in [-0.3, -0.25) is 13.9 Å². The lowest BCUT2D eigenvalue weighted by molar-refractivity contribution is -0.139. The highest BCUT2D eigenvalue weighted by Crippen LogP contribution is 2.64. The predicted octanol–water partition coefficient (Wildman–Crippen LogP) is 2.61. The van der Waals surface area contributed by atoms with Crippen LogP contribution >= 0.6 is 0 Å². The molecular weight excluding hydrogens is 306 g/mol. The summed E-state index contributed by atoms with van der Waals surface area (Å²) in [6.07, 6.45) is 0. The number of aromatic nitrogens is 3. The van der Waals surface area contributed by atoms with Crippen LogP contribution in [0.2, 0.25) is 0 Å². The molecule has 2 heterocycles. The Labute approximate surface area is 141 Å². The minimum Gasteiger partial charge on any atom is -0.481 e. The molecule has 2 unspecified atom stereocenters. The number of carbonyl (C=O) groups is 1. The molecule has 1 aliphatic rings. The standard InChI is InChI=1S/C18H25N3O3/c1-17(2,3)9-21-11-8-7-10(19-14(11)20(6)16(21)24)12-13(15(22)23)18(12,4)5/h7-8,12-13H,9H2,1-6H3,(H,22,23). The van der Waals surface area contributed by atoms with Crippen LogP contribution in [0.1, 0.15) is 46.2 Å². The molecule has 0 saturated heterocycles. The van der Waals surface area contributed by atoms with Crippen molar-refractivity contribution in [3.63, 3.8) is 0 Å². The third-order valence-electron chi connectivity index (χ3n) is 5.05.